The monoisotopic (exact) mass is 443 g/mol. The van der Waals surface area contributed by atoms with Gasteiger partial charge < -0.3 is 9.47 Å². The third kappa shape index (κ3) is 5.76. The molecule has 0 spiro atoms. The Kier molecular flexibility index (Phi) is 6.68. The van der Waals surface area contributed by atoms with Crippen LogP contribution in [0.1, 0.15) is 11.1 Å². The van der Waals surface area contributed by atoms with Crippen LogP contribution in [0.15, 0.2) is 47.4 Å². The van der Waals surface area contributed by atoms with Crippen molar-refractivity contribution in [3.8, 4) is 5.75 Å². The second-order valence-corrected chi connectivity index (χ2v) is 7.30. The number of halogens is 6. The van der Waals surface area contributed by atoms with Gasteiger partial charge in [0.25, 0.3) is 10.0 Å². The van der Waals surface area contributed by atoms with Crippen LogP contribution in [-0.2, 0) is 27.1 Å². The highest BCUT2D eigenvalue weighted by Gasteiger charge is 2.37. The zero-order valence-electron chi connectivity index (χ0n) is 14.8. The molecule has 0 unspecified atom stereocenters. The Morgan fingerprint density at radius 1 is 0.931 bits per heavy atom. The average molecular weight is 443 g/mol. The van der Waals surface area contributed by atoms with Crippen molar-refractivity contribution in [1.82, 2.24) is 0 Å². The summed E-state index contributed by atoms with van der Waals surface area (Å²) in [5.41, 5.74) is -3.33. The zero-order valence-corrected chi connectivity index (χ0v) is 15.6. The van der Waals surface area contributed by atoms with Gasteiger partial charge in [0.1, 0.15) is 12.4 Å². The van der Waals surface area contributed by atoms with E-state index < -0.39 is 44.1 Å². The summed E-state index contributed by atoms with van der Waals surface area (Å²) in [6.45, 7) is -0.0835. The van der Waals surface area contributed by atoms with Gasteiger partial charge in [0, 0.05) is 7.11 Å². The number of ether oxygens (including phenoxy) is 2. The molecule has 0 saturated heterocycles. The lowest BCUT2D eigenvalue weighted by molar-refractivity contribution is -0.140. The van der Waals surface area contributed by atoms with Gasteiger partial charge in [-0.25, -0.2) is 8.42 Å². The first kappa shape index (κ1) is 22.8. The molecule has 2 rings (SSSR count). The summed E-state index contributed by atoms with van der Waals surface area (Å²) in [6, 6.07) is 5.27. The molecule has 0 fully saturated rings. The van der Waals surface area contributed by atoms with Crippen molar-refractivity contribution in [2.24, 2.45) is 0 Å². The molecule has 2 aromatic carbocycles. The van der Waals surface area contributed by atoms with E-state index in [0.29, 0.717) is 24.3 Å². The predicted molar refractivity (Wildman–Crippen MR) is 91.1 cm³/mol. The lowest BCUT2D eigenvalue weighted by atomic mass is 10.2. The van der Waals surface area contributed by atoms with Crippen molar-refractivity contribution in [2.75, 3.05) is 25.0 Å². The van der Waals surface area contributed by atoms with Gasteiger partial charge in [-0.05, 0) is 30.3 Å². The first-order valence-corrected chi connectivity index (χ1v) is 9.36. The number of alkyl halides is 6. The van der Waals surface area contributed by atoms with Crippen LogP contribution < -0.4 is 9.46 Å². The summed E-state index contributed by atoms with van der Waals surface area (Å²) in [7, 11) is -3.55. The molecule has 0 radical (unpaired) electrons. The minimum Gasteiger partial charge on any atom is -0.489 e. The molecule has 0 amide bonds. The standard InChI is InChI=1S/C17H15F6NO4S/c1-27-8-9-28-14-7-6-11(16(18,19)20)10-13(14)24-29(25,26)15-5-3-2-4-12(15)17(21,22)23/h2-7,10,24H,8-9H2,1H3. The summed E-state index contributed by atoms with van der Waals surface area (Å²) < 4.78 is 115. The molecule has 0 bridgehead atoms. The van der Waals surface area contributed by atoms with Crippen LogP contribution in [0.3, 0.4) is 0 Å². The molecular formula is C17H15F6NO4S. The van der Waals surface area contributed by atoms with Crippen LogP contribution in [0.2, 0.25) is 0 Å². The van der Waals surface area contributed by atoms with E-state index in [1.165, 1.54) is 7.11 Å². The summed E-state index contributed by atoms with van der Waals surface area (Å²) in [5, 5.41) is 0. The van der Waals surface area contributed by atoms with Crippen molar-refractivity contribution >= 4 is 15.7 Å². The van der Waals surface area contributed by atoms with Gasteiger partial charge in [0.05, 0.1) is 28.3 Å². The lowest BCUT2D eigenvalue weighted by Gasteiger charge is -2.18. The fourth-order valence-corrected chi connectivity index (χ4v) is 3.57. The minimum atomic E-state index is -4.99. The van der Waals surface area contributed by atoms with E-state index in [1.54, 1.807) is 4.72 Å². The Hall–Kier alpha value is -2.47. The quantitative estimate of drug-likeness (QED) is 0.504. The number of hydrogen-bond donors (Lipinski definition) is 1. The van der Waals surface area contributed by atoms with E-state index in [0.717, 1.165) is 18.2 Å². The Labute approximate surface area is 162 Å². The molecule has 0 saturated carbocycles. The van der Waals surface area contributed by atoms with Gasteiger partial charge >= 0.3 is 12.4 Å². The van der Waals surface area contributed by atoms with Crippen molar-refractivity contribution in [1.29, 1.82) is 0 Å². The molecule has 0 aliphatic heterocycles. The van der Waals surface area contributed by atoms with Gasteiger partial charge in [0.15, 0.2) is 0 Å². The summed E-state index contributed by atoms with van der Waals surface area (Å²) >= 11 is 0. The van der Waals surface area contributed by atoms with Gasteiger partial charge in [-0.15, -0.1) is 0 Å². The molecule has 5 nitrogen and oxygen atoms in total. The van der Waals surface area contributed by atoms with Crippen LogP contribution in [0.5, 0.6) is 5.75 Å². The summed E-state index contributed by atoms with van der Waals surface area (Å²) in [4.78, 5) is -1.13. The highest BCUT2D eigenvalue weighted by atomic mass is 32.2. The normalized spacial score (nSPS) is 12.7. The Morgan fingerprint density at radius 3 is 2.17 bits per heavy atom. The number of methoxy groups -OCH3 is 1. The van der Waals surface area contributed by atoms with Gasteiger partial charge in [-0.2, -0.15) is 26.3 Å². The Morgan fingerprint density at radius 2 is 1.59 bits per heavy atom. The van der Waals surface area contributed by atoms with E-state index >= 15 is 0 Å². The van der Waals surface area contributed by atoms with E-state index in [1.807, 2.05) is 0 Å². The first-order valence-electron chi connectivity index (χ1n) is 7.88. The average Bonchev–Trinajstić information content (AvgIpc) is 2.61. The number of sulfonamides is 1. The van der Waals surface area contributed by atoms with Crippen LogP contribution in [0.4, 0.5) is 32.0 Å². The highest BCUT2D eigenvalue weighted by molar-refractivity contribution is 7.92. The summed E-state index contributed by atoms with van der Waals surface area (Å²) in [5.74, 6) is -0.303. The number of nitrogens with one attached hydrogen (secondary N) is 1. The molecule has 160 valence electrons. The van der Waals surface area contributed by atoms with Crippen LogP contribution >= 0.6 is 0 Å². The fraction of sp³-hybridized carbons (Fsp3) is 0.294. The maximum atomic E-state index is 13.1. The van der Waals surface area contributed by atoms with Crippen LogP contribution in [0.25, 0.3) is 0 Å². The van der Waals surface area contributed by atoms with Crippen molar-refractivity contribution in [2.45, 2.75) is 17.2 Å². The molecule has 29 heavy (non-hydrogen) atoms. The second kappa shape index (κ2) is 8.49. The smallest absolute Gasteiger partial charge is 0.417 e. The topological polar surface area (TPSA) is 64.6 Å². The highest BCUT2D eigenvalue weighted by Crippen LogP contribution is 2.38. The Bertz CT molecular complexity index is 957. The lowest BCUT2D eigenvalue weighted by Crippen LogP contribution is -2.20. The SMILES string of the molecule is COCCOc1ccc(C(F)(F)F)cc1NS(=O)(=O)c1ccccc1C(F)(F)F. The van der Waals surface area contributed by atoms with Crippen molar-refractivity contribution in [3.05, 3.63) is 53.6 Å². The molecular weight excluding hydrogens is 428 g/mol. The molecule has 1 N–H and O–H groups in total. The maximum absolute atomic E-state index is 13.1. The zero-order chi connectivity index (χ0) is 21.9. The number of benzene rings is 2. The fourth-order valence-electron chi connectivity index (χ4n) is 2.28. The van der Waals surface area contributed by atoms with E-state index in [9.17, 15) is 34.8 Å². The number of hydrogen-bond acceptors (Lipinski definition) is 4. The predicted octanol–water partition coefficient (Wildman–Crippen LogP) is 4.55. The summed E-state index contributed by atoms with van der Waals surface area (Å²) in [6.07, 6.45) is -9.80. The second-order valence-electron chi connectivity index (χ2n) is 5.65. The largest absolute Gasteiger partial charge is 0.489 e. The third-order valence-electron chi connectivity index (χ3n) is 3.58. The van der Waals surface area contributed by atoms with Gasteiger partial charge in [0.2, 0.25) is 0 Å². The van der Waals surface area contributed by atoms with Gasteiger partial charge in [-0.1, -0.05) is 12.1 Å². The molecule has 0 heterocycles. The van der Waals surface area contributed by atoms with E-state index in [2.05, 4.69) is 0 Å². The van der Waals surface area contributed by atoms with E-state index in [4.69, 9.17) is 9.47 Å². The minimum absolute atomic E-state index is 0.0458. The maximum Gasteiger partial charge on any atom is 0.417 e. The first-order chi connectivity index (χ1) is 13.4. The van der Waals surface area contributed by atoms with Crippen molar-refractivity contribution in [3.63, 3.8) is 0 Å². The Balaban J connectivity index is 2.51. The molecule has 0 aliphatic carbocycles. The number of rotatable bonds is 7. The molecule has 0 aliphatic rings. The molecule has 0 aromatic heterocycles. The third-order valence-corrected chi connectivity index (χ3v) is 5.00. The molecule has 12 heteroatoms. The van der Waals surface area contributed by atoms with Crippen LogP contribution in [-0.4, -0.2) is 28.7 Å². The van der Waals surface area contributed by atoms with E-state index in [-0.39, 0.29) is 19.0 Å². The number of anilines is 1. The van der Waals surface area contributed by atoms with Crippen molar-refractivity contribution < 1.29 is 44.2 Å². The molecule has 0 atom stereocenters. The van der Waals surface area contributed by atoms with Gasteiger partial charge in [-0.3, -0.25) is 4.72 Å². The van der Waals surface area contributed by atoms with Crippen LogP contribution in [0, 0.1) is 0 Å². The molecule has 2 aromatic rings.